The molecule has 0 unspecified atom stereocenters. The Morgan fingerprint density at radius 3 is 2.62 bits per heavy atom. The van der Waals surface area contributed by atoms with Crippen molar-refractivity contribution in [2.45, 2.75) is 11.3 Å². The number of aromatic amines is 1. The number of rotatable bonds is 8. The molecule has 4 N–H and O–H groups in total. The number of anilines is 1. The lowest BCUT2D eigenvalue weighted by Crippen LogP contribution is -2.18. The highest BCUT2D eigenvalue weighted by atomic mass is 32.2. The van der Waals surface area contributed by atoms with Crippen LogP contribution in [0, 0.1) is 5.82 Å². The van der Waals surface area contributed by atoms with E-state index in [4.69, 9.17) is 5.73 Å². The van der Waals surface area contributed by atoms with Crippen LogP contribution in [0.2, 0.25) is 0 Å². The quantitative estimate of drug-likeness (QED) is 0.163. The number of hydrogen-bond donors (Lipinski definition) is 3. The van der Waals surface area contributed by atoms with Gasteiger partial charge in [0.05, 0.1) is 10.5 Å². The second kappa shape index (κ2) is 10.6. The van der Waals surface area contributed by atoms with Gasteiger partial charge < -0.3 is 15.5 Å². The summed E-state index contributed by atoms with van der Waals surface area (Å²) in [6.07, 6.45) is 0.637. The van der Waals surface area contributed by atoms with Crippen molar-refractivity contribution in [1.29, 1.82) is 0 Å². The predicted molar refractivity (Wildman–Crippen MR) is 136 cm³/mol. The molecule has 2 heterocycles. The minimum Gasteiger partial charge on any atom is -0.406 e. The number of ketones is 1. The van der Waals surface area contributed by atoms with Gasteiger partial charge in [-0.25, -0.2) is 17.8 Å². The van der Waals surface area contributed by atoms with Gasteiger partial charge in [-0.3, -0.25) is 14.5 Å². The van der Waals surface area contributed by atoms with E-state index < -0.39 is 44.2 Å². The summed E-state index contributed by atoms with van der Waals surface area (Å²) in [5, 5.41) is 0.355. The molecule has 0 saturated heterocycles. The minimum atomic E-state index is -5.02. The molecule has 0 aliphatic rings. The first-order valence-electron chi connectivity index (χ1n) is 11.0. The molecule has 0 saturated carbocycles. The molecule has 4 aromatic rings. The minimum absolute atomic E-state index is 0.0556. The van der Waals surface area contributed by atoms with Crippen LogP contribution < -0.4 is 15.2 Å². The van der Waals surface area contributed by atoms with E-state index in [0.29, 0.717) is 28.2 Å². The van der Waals surface area contributed by atoms with Gasteiger partial charge in [0.2, 0.25) is 0 Å². The highest BCUT2D eigenvalue weighted by Crippen LogP contribution is 2.28. The van der Waals surface area contributed by atoms with Crippen LogP contribution in [0.5, 0.6) is 5.75 Å². The first-order chi connectivity index (χ1) is 18.4. The van der Waals surface area contributed by atoms with Crippen molar-refractivity contribution in [3.05, 3.63) is 89.6 Å². The number of aromatic nitrogens is 2. The number of allylic oxidation sites excluding steroid dienone is 1. The summed E-state index contributed by atoms with van der Waals surface area (Å²) in [6.45, 7) is 0. The zero-order valence-electron chi connectivity index (χ0n) is 20.0. The molecule has 0 aliphatic carbocycles. The molecule has 4 rings (SSSR count). The van der Waals surface area contributed by atoms with Crippen molar-refractivity contribution < 1.29 is 35.5 Å². The fraction of sp³-hybridized carbons (Fsp3) is 0.0800. The number of ether oxygens (including phenoxy) is 1. The lowest BCUT2D eigenvalue weighted by Gasteiger charge is -2.12. The third-order valence-electron chi connectivity index (χ3n) is 5.37. The van der Waals surface area contributed by atoms with Gasteiger partial charge >= 0.3 is 6.36 Å². The Kier molecular flexibility index (Phi) is 7.40. The van der Waals surface area contributed by atoms with Crippen LogP contribution in [-0.4, -0.2) is 43.8 Å². The largest absolute Gasteiger partial charge is 0.573 e. The number of fused-ring (bicyclic) bond motifs is 1. The number of alkyl halides is 3. The van der Waals surface area contributed by atoms with Crippen molar-refractivity contribution in [3.8, 4) is 5.75 Å². The first kappa shape index (κ1) is 27.3. The Hall–Kier alpha value is -4.72. The third kappa shape index (κ3) is 6.06. The number of pyridine rings is 1. The molecule has 0 spiro atoms. The standard InChI is InChI=1S/C25H19F4N5O4S/c1-31-11-15(10-30)14-7-19-21(13-33-24(19)32-12-14)23(35)20-8-16(5-6-22(20)26)34-39(36,37)18-4-2-3-17(9-18)38-25(27,28)29/h2-13,34H,30H2,1H3,(H,32,33). The predicted octanol–water partition coefficient (Wildman–Crippen LogP) is 4.63. The number of H-pyrrole nitrogens is 1. The molecule has 39 heavy (non-hydrogen) atoms. The number of sulfonamides is 1. The van der Waals surface area contributed by atoms with E-state index in [1.54, 1.807) is 13.1 Å². The van der Waals surface area contributed by atoms with Crippen LogP contribution >= 0.6 is 0 Å². The van der Waals surface area contributed by atoms with E-state index in [9.17, 15) is 30.8 Å². The molecule has 14 heteroatoms. The van der Waals surface area contributed by atoms with E-state index in [0.717, 1.165) is 36.4 Å². The number of benzene rings is 2. The summed E-state index contributed by atoms with van der Waals surface area (Å²) in [6, 6.07) is 8.27. The van der Waals surface area contributed by atoms with E-state index >= 15 is 0 Å². The average molecular weight is 562 g/mol. The number of nitrogens with one attached hydrogen (secondary N) is 2. The summed E-state index contributed by atoms with van der Waals surface area (Å²) >= 11 is 0. The van der Waals surface area contributed by atoms with Gasteiger partial charge in [-0.05, 0) is 36.4 Å². The smallest absolute Gasteiger partial charge is 0.406 e. The number of carbonyl (C=O) groups is 1. The Balaban J connectivity index is 1.67. The molecule has 0 radical (unpaired) electrons. The van der Waals surface area contributed by atoms with E-state index in [2.05, 4.69) is 24.4 Å². The molecule has 0 aliphatic heterocycles. The van der Waals surface area contributed by atoms with Crippen molar-refractivity contribution in [1.82, 2.24) is 9.97 Å². The van der Waals surface area contributed by atoms with Crippen LogP contribution in [0.15, 0.2) is 77.0 Å². The number of nitrogens with zero attached hydrogens (tertiary/aromatic N) is 2. The summed E-state index contributed by atoms with van der Waals surface area (Å²) in [7, 11) is -2.88. The fourth-order valence-corrected chi connectivity index (χ4v) is 4.75. The fourth-order valence-electron chi connectivity index (χ4n) is 3.66. The lowest BCUT2D eigenvalue weighted by molar-refractivity contribution is -0.274. The Labute approximate surface area is 219 Å². The van der Waals surface area contributed by atoms with Crippen LogP contribution in [0.4, 0.5) is 23.2 Å². The third-order valence-corrected chi connectivity index (χ3v) is 6.75. The van der Waals surface area contributed by atoms with Crippen LogP contribution in [0.25, 0.3) is 16.6 Å². The molecule has 0 amide bonds. The second-order valence-corrected chi connectivity index (χ2v) is 9.67. The summed E-state index contributed by atoms with van der Waals surface area (Å²) in [5.74, 6) is -2.45. The highest BCUT2D eigenvalue weighted by Gasteiger charge is 2.31. The summed E-state index contributed by atoms with van der Waals surface area (Å²) in [4.78, 5) is 23.8. The van der Waals surface area contributed by atoms with Gasteiger partial charge in [-0.15, -0.1) is 13.2 Å². The molecular weight excluding hydrogens is 542 g/mol. The van der Waals surface area contributed by atoms with Gasteiger partial charge in [0.1, 0.15) is 17.2 Å². The van der Waals surface area contributed by atoms with Crippen LogP contribution in [0.1, 0.15) is 21.5 Å². The molecule has 0 fully saturated rings. The van der Waals surface area contributed by atoms with Crippen molar-refractivity contribution in [3.63, 3.8) is 0 Å². The van der Waals surface area contributed by atoms with Crippen molar-refractivity contribution in [2.75, 3.05) is 11.8 Å². The van der Waals surface area contributed by atoms with Crippen molar-refractivity contribution in [2.24, 2.45) is 10.7 Å². The number of halogens is 4. The number of hydrogen-bond acceptors (Lipinski definition) is 7. The Morgan fingerprint density at radius 1 is 1.15 bits per heavy atom. The van der Waals surface area contributed by atoms with E-state index in [-0.39, 0.29) is 11.3 Å². The van der Waals surface area contributed by atoms with E-state index in [1.165, 1.54) is 24.8 Å². The molecule has 2 aromatic carbocycles. The maximum atomic E-state index is 14.8. The first-order valence-corrected chi connectivity index (χ1v) is 12.4. The average Bonchev–Trinajstić information content (AvgIpc) is 3.30. The molecule has 9 nitrogen and oxygen atoms in total. The summed E-state index contributed by atoms with van der Waals surface area (Å²) in [5.41, 5.74) is 6.45. The Morgan fingerprint density at radius 2 is 1.92 bits per heavy atom. The molecule has 0 atom stereocenters. The zero-order valence-corrected chi connectivity index (χ0v) is 20.8. The Bertz CT molecular complexity index is 1730. The van der Waals surface area contributed by atoms with Crippen LogP contribution in [0.3, 0.4) is 0 Å². The van der Waals surface area contributed by atoms with Gasteiger partial charge in [0.25, 0.3) is 10.0 Å². The van der Waals surface area contributed by atoms with Gasteiger partial charge in [0.15, 0.2) is 5.78 Å². The lowest BCUT2D eigenvalue weighted by atomic mass is 10.0. The maximum Gasteiger partial charge on any atom is 0.573 e. The molecule has 0 bridgehead atoms. The molecule has 202 valence electrons. The summed E-state index contributed by atoms with van der Waals surface area (Å²) < 4.78 is 83.8. The van der Waals surface area contributed by atoms with Gasteiger partial charge in [-0.2, -0.15) is 0 Å². The zero-order chi connectivity index (χ0) is 28.4. The van der Waals surface area contributed by atoms with E-state index in [1.807, 2.05) is 0 Å². The van der Waals surface area contributed by atoms with Gasteiger partial charge in [0, 0.05) is 65.7 Å². The molecular formula is C25H19F4N5O4S. The number of carbonyl (C=O) groups excluding carboxylic acids is 1. The topological polar surface area (TPSA) is 140 Å². The van der Waals surface area contributed by atoms with Crippen molar-refractivity contribution >= 4 is 44.3 Å². The number of nitrogens with two attached hydrogens (primary N) is 1. The van der Waals surface area contributed by atoms with Gasteiger partial charge in [-0.1, -0.05) is 6.07 Å². The molecule has 2 aromatic heterocycles. The van der Waals surface area contributed by atoms with Crippen LogP contribution in [-0.2, 0) is 10.0 Å². The number of aliphatic imine (C=N–C) groups is 1. The normalized spacial score (nSPS) is 12.7. The maximum absolute atomic E-state index is 14.8. The monoisotopic (exact) mass is 561 g/mol. The SMILES string of the molecule is CN=CC(=CN)c1cnc2[nH]cc(C(=O)c3cc(NS(=O)(=O)c4cccc(OC(F)(F)F)c4)ccc3F)c2c1. The highest BCUT2D eigenvalue weighted by molar-refractivity contribution is 7.92. The second-order valence-electron chi connectivity index (χ2n) is 7.98.